The molecule has 0 fully saturated rings. The first-order chi connectivity index (χ1) is 7.06. The standard InChI is InChI=1S/C14H18N.ClH/c1-15(2,3)11-13-9-6-8-12-7-4-5-10-14(12)13;/h4-10H,11H2,1-3H3;1H/q+1;/p-1. The molecule has 0 atom stereocenters. The molecule has 0 heterocycles. The Morgan fingerprint density at radius 3 is 2.19 bits per heavy atom. The second-order valence-corrected chi connectivity index (χ2v) is 5.09. The Hall–Kier alpha value is -1.05. The zero-order valence-electron chi connectivity index (χ0n) is 10.1. The van der Waals surface area contributed by atoms with Crippen molar-refractivity contribution in [1.29, 1.82) is 0 Å². The van der Waals surface area contributed by atoms with E-state index in [4.69, 9.17) is 0 Å². The van der Waals surface area contributed by atoms with Gasteiger partial charge in [-0.15, -0.1) is 0 Å². The van der Waals surface area contributed by atoms with Gasteiger partial charge in [0.05, 0.1) is 21.1 Å². The van der Waals surface area contributed by atoms with Crippen LogP contribution >= 0.6 is 0 Å². The van der Waals surface area contributed by atoms with Crippen LogP contribution in [0.2, 0.25) is 0 Å². The zero-order chi connectivity index (χ0) is 10.9. The molecule has 0 unspecified atom stereocenters. The molecule has 86 valence electrons. The quantitative estimate of drug-likeness (QED) is 0.646. The van der Waals surface area contributed by atoms with Crippen molar-refractivity contribution < 1.29 is 16.9 Å². The van der Waals surface area contributed by atoms with Crippen molar-refractivity contribution in [3.8, 4) is 0 Å². The third-order valence-electron chi connectivity index (χ3n) is 2.52. The van der Waals surface area contributed by atoms with Crippen molar-refractivity contribution in [3.63, 3.8) is 0 Å². The van der Waals surface area contributed by atoms with Gasteiger partial charge >= 0.3 is 0 Å². The molecule has 0 saturated heterocycles. The Morgan fingerprint density at radius 1 is 0.875 bits per heavy atom. The average molecular weight is 236 g/mol. The Labute approximate surface area is 104 Å². The van der Waals surface area contributed by atoms with Crippen molar-refractivity contribution in [2.24, 2.45) is 0 Å². The number of nitrogens with zero attached hydrogens (tertiary/aromatic N) is 1. The summed E-state index contributed by atoms with van der Waals surface area (Å²) in [6.07, 6.45) is 0. The molecule has 2 aromatic carbocycles. The molecule has 16 heavy (non-hydrogen) atoms. The van der Waals surface area contributed by atoms with E-state index < -0.39 is 0 Å². The van der Waals surface area contributed by atoms with Crippen LogP contribution in [0.1, 0.15) is 5.56 Å². The molecule has 0 aromatic heterocycles. The second-order valence-electron chi connectivity index (χ2n) is 5.09. The number of benzene rings is 2. The van der Waals surface area contributed by atoms with Crippen LogP contribution in [0.4, 0.5) is 0 Å². The highest BCUT2D eigenvalue weighted by atomic mass is 35.5. The van der Waals surface area contributed by atoms with E-state index in [0.717, 1.165) is 11.0 Å². The van der Waals surface area contributed by atoms with Gasteiger partial charge in [0.1, 0.15) is 6.54 Å². The van der Waals surface area contributed by atoms with Gasteiger partial charge in [0, 0.05) is 5.56 Å². The second kappa shape index (κ2) is 4.86. The maximum Gasteiger partial charge on any atom is 0.104 e. The molecular weight excluding hydrogens is 218 g/mol. The van der Waals surface area contributed by atoms with Crippen molar-refractivity contribution >= 4 is 10.8 Å². The topological polar surface area (TPSA) is 0 Å². The lowest BCUT2D eigenvalue weighted by molar-refractivity contribution is -0.883. The van der Waals surface area contributed by atoms with E-state index in [9.17, 15) is 0 Å². The predicted octanol–water partition coefficient (Wildman–Crippen LogP) is 0.0500. The summed E-state index contributed by atoms with van der Waals surface area (Å²) in [5.41, 5.74) is 1.43. The van der Waals surface area contributed by atoms with E-state index in [1.54, 1.807) is 0 Å². The molecule has 0 aliphatic carbocycles. The molecule has 2 aromatic rings. The normalized spacial score (nSPS) is 11.2. The van der Waals surface area contributed by atoms with Crippen LogP contribution in [0.5, 0.6) is 0 Å². The minimum Gasteiger partial charge on any atom is -1.00 e. The lowest BCUT2D eigenvalue weighted by Gasteiger charge is -2.24. The highest BCUT2D eigenvalue weighted by Gasteiger charge is 2.10. The summed E-state index contributed by atoms with van der Waals surface area (Å²) >= 11 is 0. The SMILES string of the molecule is C[N+](C)(C)Cc1cccc2ccccc12.[Cl-]. The summed E-state index contributed by atoms with van der Waals surface area (Å²) < 4.78 is 0.966. The molecule has 0 aliphatic heterocycles. The average Bonchev–Trinajstić information content (AvgIpc) is 2.16. The molecule has 2 heteroatoms. The van der Waals surface area contributed by atoms with Gasteiger partial charge in [-0.3, -0.25) is 0 Å². The molecule has 0 radical (unpaired) electrons. The number of quaternary nitrogens is 1. The van der Waals surface area contributed by atoms with Gasteiger partial charge in [-0.2, -0.15) is 0 Å². The van der Waals surface area contributed by atoms with E-state index in [1.165, 1.54) is 16.3 Å². The largest absolute Gasteiger partial charge is 1.00 e. The van der Waals surface area contributed by atoms with E-state index >= 15 is 0 Å². The van der Waals surface area contributed by atoms with E-state index in [1.807, 2.05) is 0 Å². The van der Waals surface area contributed by atoms with E-state index in [-0.39, 0.29) is 12.4 Å². The molecule has 0 spiro atoms. The first kappa shape index (κ1) is 13.0. The minimum absolute atomic E-state index is 0. The van der Waals surface area contributed by atoms with Crippen LogP contribution in [-0.2, 0) is 6.54 Å². The van der Waals surface area contributed by atoms with Crippen LogP contribution in [-0.4, -0.2) is 25.6 Å². The smallest absolute Gasteiger partial charge is 0.104 e. The third-order valence-corrected chi connectivity index (χ3v) is 2.52. The summed E-state index contributed by atoms with van der Waals surface area (Å²) in [4.78, 5) is 0. The van der Waals surface area contributed by atoms with Crippen LogP contribution in [0.25, 0.3) is 10.8 Å². The summed E-state index contributed by atoms with van der Waals surface area (Å²) in [5.74, 6) is 0. The zero-order valence-corrected chi connectivity index (χ0v) is 10.8. The van der Waals surface area contributed by atoms with Crippen molar-refractivity contribution in [1.82, 2.24) is 0 Å². The summed E-state index contributed by atoms with van der Waals surface area (Å²) in [7, 11) is 6.67. The molecular formula is C14H18ClN. The first-order valence-electron chi connectivity index (χ1n) is 5.33. The van der Waals surface area contributed by atoms with E-state index in [0.29, 0.717) is 0 Å². The number of rotatable bonds is 2. The lowest BCUT2D eigenvalue weighted by atomic mass is 10.0. The fourth-order valence-electron chi connectivity index (χ4n) is 1.94. The maximum atomic E-state index is 2.23. The maximum absolute atomic E-state index is 2.23. The highest BCUT2D eigenvalue weighted by molar-refractivity contribution is 5.85. The van der Waals surface area contributed by atoms with Gasteiger partial charge in [0.15, 0.2) is 0 Å². The number of hydrogen-bond acceptors (Lipinski definition) is 0. The molecule has 0 bridgehead atoms. The molecule has 2 rings (SSSR count). The van der Waals surface area contributed by atoms with Crippen LogP contribution < -0.4 is 12.4 Å². The monoisotopic (exact) mass is 235 g/mol. The Kier molecular flexibility index (Phi) is 3.95. The summed E-state index contributed by atoms with van der Waals surface area (Å²) in [5, 5.41) is 2.72. The van der Waals surface area contributed by atoms with Crippen molar-refractivity contribution in [2.45, 2.75) is 6.54 Å². The van der Waals surface area contributed by atoms with Gasteiger partial charge in [-0.25, -0.2) is 0 Å². The Bertz CT molecular complexity index is 466. The van der Waals surface area contributed by atoms with Gasteiger partial charge in [-0.05, 0) is 10.8 Å². The van der Waals surface area contributed by atoms with Crippen LogP contribution in [0.15, 0.2) is 42.5 Å². The van der Waals surface area contributed by atoms with Crippen LogP contribution in [0.3, 0.4) is 0 Å². The molecule has 1 nitrogen and oxygen atoms in total. The number of fused-ring (bicyclic) bond motifs is 1. The first-order valence-corrected chi connectivity index (χ1v) is 5.33. The lowest BCUT2D eigenvalue weighted by Crippen LogP contribution is -3.00. The van der Waals surface area contributed by atoms with Gasteiger partial charge < -0.3 is 16.9 Å². The van der Waals surface area contributed by atoms with E-state index in [2.05, 4.69) is 63.6 Å². The molecule has 0 N–H and O–H groups in total. The molecule has 0 aliphatic rings. The third kappa shape index (κ3) is 2.97. The predicted molar refractivity (Wildman–Crippen MR) is 65.7 cm³/mol. The van der Waals surface area contributed by atoms with Crippen molar-refractivity contribution in [2.75, 3.05) is 21.1 Å². The summed E-state index contributed by atoms with van der Waals surface area (Å²) in [6, 6.07) is 15.1. The Balaban J connectivity index is 0.00000128. The number of halogens is 1. The van der Waals surface area contributed by atoms with Gasteiger partial charge in [0.2, 0.25) is 0 Å². The fourth-order valence-corrected chi connectivity index (χ4v) is 1.94. The Morgan fingerprint density at radius 2 is 1.50 bits per heavy atom. The molecule has 0 amide bonds. The molecule has 0 saturated carbocycles. The minimum atomic E-state index is 0. The van der Waals surface area contributed by atoms with Crippen LogP contribution in [0, 0.1) is 0 Å². The van der Waals surface area contributed by atoms with Gasteiger partial charge in [0.25, 0.3) is 0 Å². The van der Waals surface area contributed by atoms with Crippen molar-refractivity contribution in [3.05, 3.63) is 48.0 Å². The fraction of sp³-hybridized carbons (Fsp3) is 0.286. The highest BCUT2D eigenvalue weighted by Crippen LogP contribution is 2.20. The van der Waals surface area contributed by atoms with Gasteiger partial charge in [-0.1, -0.05) is 42.5 Å². The summed E-state index contributed by atoms with van der Waals surface area (Å²) in [6.45, 7) is 1.07. The number of hydrogen-bond donors (Lipinski definition) is 0.